The van der Waals surface area contributed by atoms with Gasteiger partial charge in [0.2, 0.25) is 11.8 Å². The van der Waals surface area contributed by atoms with E-state index in [9.17, 15) is 14.4 Å². The van der Waals surface area contributed by atoms with Crippen molar-refractivity contribution in [3.63, 3.8) is 0 Å². The predicted molar refractivity (Wildman–Crippen MR) is 137 cm³/mol. The van der Waals surface area contributed by atoms with Crippen LogP contribution in [0.2, 0.25) is 0 Å². The van der Waals surface area contributed by atoms with Gasteiger partial charge < -0.3 is 14.5 Å². The smallest absolute Gasteiger partial charge is 0.409 e. The monoisotopic (exact) mass is 513 g/mol. The summed E-state index contributed by atoms with van der Waals surface area (Å²) in [6.07, 6.45) is 3.08. The number of alkyl halides is 1. The van der Waals surface area contributed by atoms with Crippen LogP contribution in [0.1, 0.15) is 57.1 Å². The number of aryl methyl sites for hydroxylation is 1. The molecule has 4 heterocycles. The number of piperidine rings is 3. The fraction of sp³-hybridized carbons (Fsp3) is 0.630. The second-order valence-electron chi connectivity index (χ2n) is 10.6. The second kappa shape index (κ2) is 10.7. The molecule has 1 aromatic heterocycles. The molecule has 5 rings (SSSR count). The van der Waals surface area contributed by atoms with Crippen LogP contribution in [-0.2, 0) is 21.4 Å². The van der Waals surface area contributed by atoms with Crippen LogP contribution in [0.25, 0.3) is 10.9 Å². The molecule has 37 heavy (non-hydrogen) atoms. The number of nitrogens with zero attached hydrogens (tertiary/aromatic N) is 4. The van der Waals surface area contributed by atoms with E-state index >= 15 is 4.39 Å². The summed E-state index contributed by atoms with van der Waals surface area (Å²) in [4.78, 5) is 39.7. The van der Waals surface area contributed by atoms with Gasteiger partial charge in [-0.2, -0.15) is 5.10 Å². The molecule has 3 aliphatic rings. The molecule has 3 aliphatic heterocycles. The molecule has 1 N–H and O–H groups in total. The Kier molecular flexibility index (Phi) is 7.35. The van der Waals surface area contributed by atoms with Gasteiger partial charge in [-0.05, 0) is 69.1 Å². The van der Waals surface area contributed by atoms with Crippen LogP contribution in [0.15, 0.2) is 18.2 Å². The molecule has 0 bridgehead atoms. The summed E-state index contributed by atoms with van der Waals surface area (Å²) < 4.78 is 22.2. The zero-order chi connectivity index (χ0) is 26.1. The molecule has 1 unspecified atom stereocenters. The maximum atomic E-state index is 15.3. The Labute approximate surface area is 216 Å². The van der Waals surface area contributed by atoms with E-state index in [0.29, 0.717) is 50.7 Å². The summed E-state index contributed by atoms with van der Waals surface area (Å²) in [5, 5.41) is 7.92. The third-order valence-corrected chi connectivity index (χ3v) is 8.25. The lowest BCUT2D eigenvalue weighted by Gasteiger charge is -2.39. The van der Waals surface area contributed by atoms with E-state index in [1.54, 1.807) is 9.58 Å². The Morgan fingerprint density at radius 1 is 1.16 bits per heavy atom. The molecule has 3 saturated heterocycles. The lowest BCUT2D eigenvalue weighted by atomic mass is 9.82. The number of amides is 3. The van der Waals surface area contributed by atoms with Crippen LogP contribution in [0.3, 0.4) is 0 Å². The van der Waals surface area contributed by atoms with Crippen molar-refractivity contribution in [1.82, 2.24) is 20.0 Å². The van der Waals surface area contributed by atoms with Crippen LogP contribution in [0, 0.1) is 11.8 Å². The number of likely N-dealkylation sites (tertiary alicyclic amines) is 1. The van der Waals surface area contributed by atoms with E-state index < -0.39 is 12.1 Å². The van der Waals surface area contributed by atoms with Crippen molar-refractivity contribution in [1.29, 1.82) is 0 Å². The van der Waals surface area contributed by atoms with E-state index in [0.717, 1.165) is 48.8 Å². The van der Waals surface area contributed by atoms with Crippen LogP contribution in [-0.4, -0.2) is 71.5 Å². The van der Waals surface area contributed by atoms with Gasteiger partial charge in [0.05, 0.1) is 23.7 Å². The molecular formula is C27H36FN5O4. The number of fused-ring (bicyclic) bond motifs is 1. The van der Waals surface area contributed by atoms with Gasteiger partial charge in [-0.3, -0.25) is 19.6 Å². The minimum atomic E-state index is -0.905. The van der Waals surface area contributed by atoms with Gasteiger partial charge >= 0.3 is 6.09 Å². The fourth-order valence-corrected chi connectivity index (χ4v) is 6.13. The number of rotatable bonds is 5. The fourth-order valence-electron chi connectivity index (χ4n) is 6.13. The molecule has 1 aromatic carbocycles. The van der Waals surface area contributed by atoms with Crippen LogP contribution < -0.4 is 10.2 Å². The molecule has 0 aliphatic carbocycles. The van der Waals surface area contributed by atoms with Crippen molar-refractivity contribution in [3.8, 4) is 0 Å². The summed E-state index contributed by atoms with van der Waals surface area (Å²) in [5.74, 6) is -0.501. The average Bonchev–Trinajstić information content (AvgIpc) is 3.21. The van der Waals surface area contributed by atoms with Crippen molar-refractivity contribution in [2.24, 2.45) is 18.9 Å². The van der Waals surface area contributed by atoms with Crippen LogP contribution >= 0.6 is 0 Å². The number of carbonyl (C=O) groups is 3. The summed E-state index contributed by atoms with van der Waals surface area (Å²) >= 11 is 0. The molecular weight excluding hydrogens is 477 g/mol. The maximum Gasteiger partial charge on any atom is 0.409 e. The first-order chi connectivity index (χ1) is 17.8. The second-order valence-corrected chi connectivity index (χ2v) is 10.6. The summed E-state index contributed by atoms with van der Waals surface area (Å²) in [6.45, 7) is 4.71. The highest BCUT2D eigenvalue weighted by Crippen LogP contribution is 2.36. The lowest BCUT2D eigenvalue weighted by molar-refractivity contribution is -0.134. The van der Waals surface area contributed by atoms with Gasteiger partial charge in [-0.25, -0.2) is 9.18 Å². The van der Waals surface area contributed by atoms with Gasteiger partial charge in [-0.15, -0.1) is 0 Å². The summed E-state index contributed by atoms with van der Waals surface area (Å²) in [6, 6.07) is 5.97. The first-order valence-electron chi connectivity index (χ1n) is 13.4. The third-order valence-electron chi connectivity index (χ3n) is 8.25. The molecule has 0 spiro atoms. The standard InChI is InChI=1S/C27H36FN5O4/c1-3-37-27(36)32-11-8-17(9-12-32)14-18-10-13-33(16-22(18)28)19-4-5-20-23(15-19)31(2)30-25(20)21-6-7-24(34)29-26(21)35/h4-5,15,17-18,21-22H,3,6-14,16H2,1-2H3,(H,29,34,35)/t18-,21?,22+/m0/s1. The summed E-state index contributed by atoms with van der Waals surface area (Å²) in [5.41, 5.74) is 2.53. The van der Waals surface area contributed by atoms with Crippen molar-refractivity contribution >= 4 is 34.5 Å². The normalized spacial score (nSPS) is 25.4. The largest absolute Gasteiger partial charge is 0.450 e. The number of carbonyl (C=O) groups excluding carboxylic acids is 3. The highest BCUT2D eigenvalue weighted by Gasteiger charge is 2.34. The molecule has 0 saturated carbocycles. The van der Waals surface area contributed by atoms with Crippen molar-refractivity contribution in [2.75, 3.05) is 37.7 Å². The molecule has 3 amide bonds. The van der Waals surface area contributed by atoms with Crippen molar-refractivity contribution in [3.05, 3.63) is 23.9 Å². The van der Waals surface area contributed by atoms with Gasteiger partial charge in [0.25, 0.3) is 0 Å². The SMILES string of the molecule is CCOC(=O)N1CCC(C[C@@H]2CCN(c3ccc4c(C5CCC(=O)NC5=O)nn(C)c4c3)C[C@H]2F)CC1. The zero-order valence-electron chi connectivity index (χ0n) is 21.6. The number of benzene rings is 1. The quantitative estimate of drug-likeness (QED) is 0.615. The van der Waals surface area contributed by atoms with E-state index in [1.807, 2.05) is 32.2 Å². The topological polar surface area (TPSA) is 96.8 Å². The van der Waals surface area contributed by atoms with E-state index in [1.165, 1.54) is 0 Å². The van der Waals surface area contributed by atoms with Crippen molar-refractivity contribution < 1.29 is 23.5 Å². The van der Waals surface area contributed by atoms with Gasteiger partial charge in [0.1, 0.15) is 6.17 Å². The first kappa shape index (κ1) is 25.5. The minimum absolute atomic E-state index is 0.0370. The average molecular weight is 514 g/mol. The predicted octanol–water partition coefficient (Wildman–Crippen LogP) is 3.52. The number of aromatic nitrogens is 2. The number of halogens is 1. The number of anilines is 1. The Bertz CT molecular complexity index is 1170. The number of ether oxygens (including phenoxy) is 1. The van der Waals surface area contributed by atoms with E-state index in [4.69, 9.17) is 4.74 Å². The minimum Gasteiger partial charge on any atom is -0.450 e. The van der Waals surface area contributed by atoms with Crippen LogP contribution in [0.4, 0.5) is 14.9 Å². The van der Waals surface area contributed by atoms with E-state index in [2.05, 4.69) is 15.3 Å². The zero-order valence-corrected chi connectivity index (χ0v) is 21.6. The first-order valence-corrected chi connectivity index (χ1v) is 13.4. The number of hydrogen-bond acceptors (Lipinski definition) is 6. The van der Waals surface area contributed by atoms with Crippen LogP contribution in [0.5, 0.6) is 0 Å². The summed E-state index contributed by atoms with van der Waals surface area (Å²) in [7, 11) is 1.85. The van der Waals surface area contributed by atoms with E-state index in [-0.39, 0.29) is 23.8 Å². The molecule has 200 valence electrons. The van der Waals surface area contributed by atoms with Gasteiger partial charge in [0.15, 0.2) is 0 Å². The highest BCUT2D eigenvalue weighted by molar-refractivity contribution is 6.02. The van der Waals surface area contributed by atoms with Crippen molar-refractivity contribution in [2.45, 2.75) is 57.5 Å². The van der Waals surface area contributed by atoms with Gasteiger partial charge in [0, 0.05) is 50.7 Å². The highest BCUT2D eigenvalue weighted by atomic mass is 19.1. The Morgan fingerprint density at radius 3 is 2.65 bits per heavy atom. The Balaban J connectivity index is 1.20. The lowest BCUT2D eigenvalue weighted by Crippen LogP contribution is -2.44. The maximum absolute atomic E-state index is 15.3. The Hall–Kier alpha value is -3.17. The third kappa shape index (κ3) is 5.29. The number of imide groups is 1. The molecule has 3 atom stereocenters. The molecule has 9 nitrogen and oxygen atoms in total. The molecule has 0 radical (unpaired) electrons. The molecule has 10 heteroatoms. The molecule has 2 aromatic rings. The number of nitrogens with one attached hydrogen (secondary N) is 1. The molecule has 3 fully saturated rings. The van der Waals surface area contributed by atoms with Gasteiger partial charge in [-0.1, -0.05) is 0 Å². The number of hydrogen-bond donors (Lipinski definition) is 1. The Morgan fingerprint density at radius 2 is 1.95 bits per heavy atom.